The summed E-state index contributed by atoms with van der Waals surface area (Å²) in [5, 5.41) is 3.03. The molecule has 0 unspecified atom stereocenters. The van der Waals surface area contributed by atoms with Crippen LogP contribution in [0.3, 0.4) is 0 Å². The van der Waals surface area contributed by atoms with Crippen LogP contribution in [0.5, 0.6) is 0 Å². The van der Waals surface area contributed by atoms with Gasteiger partial charge in [-0.15, -0.1) is 0 Å². The fourth-order valence-corrected chi connectivity index (χ4v) is 2.96. The summed E-state index contributed by atoms with van der Waals surface area (Å²) in [5.41, 5.74) is 2.20. The first kappa shape index (κ1) is 16.1. The van der Waals surface area contributed by atoms with Crippen molar-refractivity contribution in [3.8, 4) is 0 Å². The molecular formula is C16H24N4O3. The van der Waals surface area contributed by atoms with E-state index in [2.05, 4.69) is 15.2 Å². The molecule has 0 radical (unpaired) electrons. The zero-order chi connectivity index (χ0) is 16.1. The van der Waals surface area contributed by atoms with Gasteiger partial charge in [0.2, 0.25) is 11.9 Å². The van der Waals surface area contributed by atoms with Crippen LogP contribution in [-0.4, -0.2) is 54.8 Å². The summed E-state index contributed by atoms with van der Waals surface area (Å²) in [6.07, 6.45) is 4.55. The number of anilines is 1. The molecule has 1 fully saturated rings. The van der Waals surface area contributed by atoms with Gasteiger partial charge in [0.15, 0.2) is 0 Å². The molecule has 1 amide bonds. The molecule has 3 rings (SSSR count). The van der Waals surface area contributed by atoms with Crippen LogP contribution < -0.4 is 10.2 Å². The second-order valence-electron chi connectivity index (χ2n) is 5.91. The molecule has 2 aliphatic heterocycles. The lowest BCUT2D eigenvalue weighted by molar-refractivity contribution is -0.126. The summed E-state index contributed by atoms with van der Waals surface area (Å²) in [6, 6.07) is 0.213. The molecule has 0 aliphatic carbocycles. The molecule has 126 valence electrons. The van der Waals surface area contributed by atoms with E-state index in [-0.39, 0.29) is 18.6 Å². The summed E-state index contributed by atoms with van der Waals surface area (Å²) in [4.78, 5) is 23.1. The molecule has 1 N–H and O–H groups in total. The number of hydrogen-bond donors (Lipinski definition) is 1. The minimum atomic E-state index is -0.0321. The minimum Gasteiger partial charge on any atom is -0.376 e. The molecule has 23 heavy (non-hydrogen) atoms. The number of nitrogens with one attached hydrogen (secondary N) is 1. The van der Waals surface area contributed by atoms with Gasteiger partial charge in [-0.2, -0.15) is 0 Å². The maximum absolute atomic E-state index is 11.7. The van der Waals surface area contributed by atoms with Crippen molar-refractivity contribution in [2.45, 2.75) is 38.8 Å². The number of fused-ring (bicyclic) bond motifs is 1. The third-order valence-corrected chi connectivity index (χ3v) is 4.26. The number of nitrogens with zero attached hydrogens (tertiary/aromatic N) is 3. The average Bonchev–Trinajstić information content (AvgIpc) is 2.60. The molecule has 0 bridgehead atoms. The monoisotopic (exact) mass is 320 g/mol. The van der Waals surface area contributed by atoms with Crippen molar-refractivity contribution in [2.24, 2.45) is 0 Å². The highest BCUT2D eigenvalue weighted by Crippen LogP contribution is 2.20. The van der Waals surface area contributed by atoms with Crippen LogP contribution in [-0.2, 0) is 27.3 Å². The van der Waals surface area contributed by atoms with E-state index in [1.165, 1.54) is 0 Å². The molecule has 0 saturated carbocycles. The number of rotatable bonds is 5. The van der Waals surface area contributed by atoms with Gasteiger partial charge in [0.1, 0.15) is 6.61 Å². The van der Waals surface area contributed by atoms with Crippen molar-refractivity contribution in [1.82, 2.24) is 15.3 Å². The number of carbonyl (C=O) groups excluding carboxylic acids is 1. The maximum Gasteiger partial charge on any atom is 0.246 e. The number of amides is 1. The van der Waals surface area contributed by atoms with Crippen molar-refractivity contribution in [1.29, 1.82) is 0 Å². The second kappa shape index (κ2) is 7.70. The van der Waals surface area contributed by atoms with Crippen molar-refractivity contribution in [3.05, 3.63) is 17.5 Å². The predicted octanol–water partition coefficient (Wildman–Crippen LogP) is 0.671. The molecule has 0 aromatic carbocycles. The zero-order valence-corrected chi connectivity index (χ0v) is 13.6. The predicted molar refractivity (Wildman–Crippen MR) is 85.3 cm³/mol. The Kier molecular flexibility index (Phi) is 5.40. The van der Waals surface area contributed by atoms with Gasteiger partial charge >= 0.3 is 0 Å². The van der Waals surface area contributed by atoms with E-state index in [0.717, 1.165) is 56.2 Å². The van der Waals surface area contributed by atoms with Crippen LogP contribution in [0.4, 0.5) is 5.95 Å². The lowest BCUT2D eigenvalue weighted by Crippen LogP contribution is -2.46. The first-order valence-electron chi connectivity index (χ1n) is 8.31. The molecule has 7 heteroatoms. The molecule has 1 aromatic rings. The summed E-state index contributed by atoms with van der Waals surface area (Å²) in [7, 11) is 0. The third kappa shape index (κ3) is 4.17. The lowest BCUT2D eigenvalue weighted by atomic mass is 10.1. The van der Waals surface area contributed by atoms with Crippen LogP contribution in [0, 0.1) is 0 Å². The summed E-state index contributed by atoms with van der Waals surface area (Å²) in [6.45, 7) is 5.65. The Morgan fingerprint density at radius 3 is 3.09 bits per heavy atom. The number of piperidine rings is 1. The van der Waals surface area contributed by atoms with Crippen LogP contribution in [0.25, 0.3) is 0 Å². The van der Waals surface area contributed by atoms with Gasteiger partial charge in [-0.1, -0.05) is 0 Å². The fourth-order valence-electron chi connectivity index (χ4n) is 2.96. The molecular weight excluding hydrogens is 296 g/mol. The van der Waals surface area contributed by atoms with Gasteiger partial charge < -0.3 is 19.7 Å². The Hall–Kier alpha value is -1.73. The van der Waals surface area contributed by atoms with E-state index in [4.69, 9.17) is 14.5 Å². The van der Waals surface area contributed by atoms with Crippen molar-refractivity contribution in [2.75, 3.05) is 37.8 Å². The van der Waals surface area contributed by atoms with Gasteiger partial charge in [-0.3, -0.25) is 4.79 Å². The maximum atomic E-state index is 11.7. The molecule has 1 aromatic heterocycles. The fraction of sp³-hybridized carbons (Fsp3) is 0.688. The third-order valence-electron chi connectivity index (χ3n) is 4.26. The van der Waals surface area contributed by atoms with Gasteiger partial charge in [-0.25, -0.2) is 9.97 Å². The zero-order valence-electron chi connectivity index (χ0n) is 13.6. The Balaban J connectivity index is 1.52. The second-order valence-corrected chi connectivity index (χ2v) is 5.91. The van der Waals surface area contributed by atoms with Crippen molar-refractivity contribution in [3.63, 3.8) is 0 Å². The Morgan fingerprint density at radius 2 is 2.30 bits per heavy atom. The first-order valence-corrected chi connectivity index (χ1v) is 8.31. The molecule has 1 saturated heterocycles. The van der Waals surface area contributed by atoms with Crippen LogP contribution in [0.15, 0.2) is 6.20 Å². The number of carbonyl (C=O) groups is 1. The summed E-state index contributed by atoms with van der Waals surface area (Å²) >= 11 is 0. The van der Waals surface area contributed by atoms with E-state index < -0.39 is 0 Å². The smallest absolute Gasteiger partial charge is 0.246 e. The van der Waals surface area contributed by atoms with E-state index in [9.17, 15) is 4.79 Å². The average molecular weight is 320 g/mol. The van der Waals surface area contributed by atoms with E-state index in [1.807, 2.05) is 13.1 Å². The van der Waals surface area contributed by atoms with Crippen molar-refractivity contribution < 1.29 is 14.3 Å². The quantitative estimate of drug-likeness (QED) is 0.859. The van der Waals surface area contributed by atoms with Crippen LogP contribution >= 0.6 is 0 Å². The minimum absolute atomic E-state index is 0.0321. The molecule has 7 nitrogen and oxygen atoms in total. The highest BCUT2D eigenvalue weighted by Gasteiger charge is 2.23. The molecule has 3 heterocycles. The van der Waals surface area contributed by atoms with Crippen LogP contribution in [0.1, 0.15) is 31.0 Å². The summed E-state index contributed by atoms with van der Waals surface area (Å²) in [5.74, 6) is 0.764. The normalized spacial score (nSPS) is 18.6. The Morgan fingerprint density at radius 1 is 1.48 bits per heavy atom. The highest BCUT2D eigenvalue weighted by molar-refractivity contribution is 5.77. The van der Waals surface area contributed by atoms with Crippen LogP contribution in [0.2, 0.25) is 0 Å². The SMILES string of the molecule is CCOCC(=O)NC1CCN(c2ncc3c(n2)CCOC3)CC1. The number of hydrogen-bond acceptors (Lipinski definition) is 6. The molecule has 2 aliphatic rings. The number of aromatic nitrogens is 2. The van der Waals surface area contributed by atoms with E-state index in [0.29, 0.717) is 13.2 Å². The van der Waals surface area contributed by atoms with Gasteiger partial charge in [0.05, 0.1) is 18.9 Å². The Labute approximate surface area is 136 Å². The lowest BCUT2D eigenvalue weighted by Gasteiger charge is -2.32. The topological polar surface area (TPSA) is 76.6 Å². The Bertz CT molecular complexity index is 544. The van der Waals surface area contributed by atoms with E-state index in [1.54, 1.807) is 0 Å². The van der Waals surface area contributed by atoms with Gasteiger partial charge in [-0.05, 0) is 19.8 Å². The largest absolute Gasteiger partial charge is 0.376 e. The summed E-state index contributed by atoms with van der Waals surface area (Å²) < 4.78 is 10.5. The van der Waals surface area contributed by atoms with Crippen molar-refractivity contribution >= 4 is 11.9 Å². The standard InChI is InChI=1S/C16H24N4O3/c1-2-22-11-15(21)18-13-3-6-20(7-4-13)16-17-9-12-10-23-8-5-14(12)19-16/h9,13H,2-8,10-11H2,1H3,(H,18,21). The highest BCUT2D eigenvalue weighted by atomic mass is 16.5. The first-order chi connectivity index (χ1) is 11.3. The van der Waals surface area contributed by atoms with Gasteiger partial charge in [0.25, 0.3) is 0 Å². The van der Waals surface area contributed by atoms with E-state index >= 15 is 0 Å². The number of ether oxygens (including phenoxy) is 2. The van der Waals surface area contributed by atoms with Gasteiger partial charge in [0, 0.05) is 43.9 Å². The molecule has 0 spiro atoms. The molecule has 0 atom stereocenters.